The number of likely N-dealkylation sites (N-methyl/N-ethyl adjacent to an activating group) is 1. The Morgan fingerprint density at radius 3 is 0.833 bits per heavy atom. The standard InChI is InChI=1S/C86H140NO8P/c1-6-8-10-12-14-16-18-20-22-24-26-28-30-32-34-36-38-40-42-43-45-47-49-51-53-55-57-59-61-63-65-67-69-71-73-75-77-79-86(89)95-84(83-94-96(90,91)93-81-80-87(3,4)5)82-92-85(88)78-76-74-72-70-68-66-64-62-60-58-56-54-52-50-48-46-44-41-39-37-35-33-31-29-27-25-23-21-19-17-15-13-11-9-7-2/h8-11,14-17,20-23,26-29,32-35,38-41,43,45,49,51,55,57,61,63,84H,6-7,12-13,18-19,24-25,30-31,36-37,42,44,46-48,50,52-54,56,58-60,62,64-83H2,1-5H3/b10-8-,11-9-,16-14-,17-15-,22-20-,23-21-,28-26-,29-27-,34-32-,35-33-,40-38-,41-39-,45-43-,51-49-,57-55-,63-61-. The minimum atomic E-state index is -4.66. The topological polar surface area (TPSA) is 111 Å². The van der Waals surface area contributed by atoms with Crippen molar-refractivity contribution in [2.75, 3.05) is 47.5 Å². The number of esters is 2. The number of carbonyl (C=O) groups is 2. The van der Waals surface area contributed by atoms with E-state index in [1.54, 1.807) is 0 Å². The highest BCUT2D eigenvalue weighted by atomic mass is 31.2. The lowest BCUT2D eigenvalue weighted by Crippen LogP contribution is -2.37. The highest BCUT2D eigenvalue weighted by Gasteiger charge is 2.22. The first-order valence-corrected chi connectivity index (χ1v) is 39.6. The Balaban J connectivity index is 4.11. The quantitative estimate of drug-likeness (QED) is 0.0195. The zero-order valence-electron chi connectivity index (χ0n) is 61.7. The van der Waals surface area contributed by atoms with Gasteiger partial charge in [0.1, 0.15) is 19.8 Å². The van der Waals surface area contributed by atoms with E-state index in [4.69, 9.17) is 18.5 Å². The Labute approximate surface area is 590 Å². The summed E-state index contributed by atoms with van der Waals surface area (Å²) < 4.78 is 34.3. The number of hydrogen-bond acceptors (Lipinski definition) is 8. The molecule has 0 aromatic heterocycles. The zero-order valence-corrected chi connectivity index (χ0v) is 62.6. The van der Waals surface area contributed by atoms with Gasteiger partial charge in [0.2, 0.25) is 0 Å². The third-order valence-corrected chi connectivity index (χ3v) is 16.6. The van der Waals surface area contributed by atoms with Crippen LogP contribution in [0.1, 0.15) is 284 Å². The number of allylic oxidation sites excluding steroid dienone is 32. The van der Waals surface area contributed by atoms with Gasteiger partial charge in [-0.25, -0.2) is 0 Å². The van der Waals surface area contributed by atoms with Gasteiger partial charge in [0.05, 0.1) is 27.7 Å². The predicted molar refractivity (Wildman–Crippen MR) is 415 cm³/mol. The molecule has 2 atom stereocenters. The Morgan fingerprint density at radius 2 is 0.562 bits per heavy atom. The van der Waals surface area contributed by atoms with Crippen LogP contribution in [0.25, 0.3) is 0 Å². The summed E-state index contributed by atoms with van der Waals surface area (Å²) >= 11 is 0. The number of ether oxygens (including phenoxy) is 2. The highest BCUT2D eigenvalue weighted by molar-refractivity contribution is 7.45. The van der Waals surface area contributed by atoms with Gasteiger partial charge in [0, 0.05) is 12.8 Å². The van der Waals surface area contributed by atoms with Gasteiger partial charge in [-0.1, -0.05) is 324 Å². The second-order valence-electron chi connectivity index (χ2n) is 25.9. The van der Waals surface area contributed by atoms with Crippen molar-refractivity contribution in [3.63, 3.8) is 0 Å². The maximum atomic E-state index is 12.9. The third kappa shape index (κ3) is 77.9. The van der Waals surface area contributed by atoms with Gasteiger partial charge in [-0.2, -0.15) is 0 Å². The van der Waals surface area contributed by atoms with Crippen molar-refractivity contribution in [2.24, 2.45) is 0 Å². The minimum Gasteiger partial charge on any atom is -0.756 e. The third-order valence-electron chi connectivity index (χ3n) is 15.6. The average Bonchev–Trinajstić information content (AvgIpc) is 2.72. The first-order valence-electron chi connectivity index (χ1n) is 38.1. The first kappa shape index (κ1) is 90.8. The van der Waals surface area contributed by atoms with Crippen molar-refractivity contribution in [3.05, 3.63) is 194 Å². The molecule has 0 fully saturated rings. The van der Waals surface area contributed by atoms with Gasteiger partial charge in [-0.05, 0) is 141 Å². The van der Waals surface area contributed by atoms with Crippen LogP contribution in [-0.4, -0.2) is 70.0 Å². The number of quaternary nitrogens is 1. The molecule has 0 rings (SSSR count). The molecule has 0 amide bonds. The number of unbranched alkanes of at least 4 members (excludes halogenated alkanes) is 22. The molecule has 0 spiro atoms. The van der Waals surface area contributed by atoms with E-state index in [9.17, 15) is 19.0 Å². The van der Waals surface area contributed by atoms with Crippen LogP contribution in [0.2, 0.25) is 0 Å². The Kier molecular flexibility index (Phi) is 70.1. The molecule has 2 unspecified atom stereocenters. The van der Waals surface area contributed by atoms with Crippen LogP contribution in [0.5, 0.6) is 0 Å². The van der Waals surface area contributed by atoms with Gasteiger partial charge in [-0.15, -0.1) is 0 Å². The molecule has 0 N–H and O–H groups in total. The predicted octanol–water partition coefficient (Wildman–Crippen LogP) is 25.0. The van der Waals surface area contributed by atoms with Crippen LogP contribution in [0.4, 0.5) is 0 Å². The molecule has 0 aliphatic carbocycles. The summed E-state index contributed by atoms with van der Waals surface area (Å²) in [4.78, 5) is 38.2. The van der Waals surface area contributed by atoms with Crippen molar-refractivity contribution in [1.29, 1.82) is 0 Å². The molecular weight excluding hydrogens is 1210 g/mol. The SMILES string of the molecule is CC/C=C\C/C=C\C/C=C\C/C=C\C/C=C\C/C=C\C/C=C\C/C=C\C/C=C\C/C=C\CCCCCCCCC(=O)OC(COC(=O)CCCCCCCCCCCCCCCCCC/C=C\C/C=C\C/C=C\C/C=C\C/C=C\C/C=C\CC)COP(=O)([O-])OCC[N+](C)(C)C. The number of phosphoric acid groups is 1. The molecule has 0 saturated carbocycles. The van der Waals surface area contributed by atoms with Crippen LogP contribution in [0.3, 0.4) is 0 Å². The Morgan fingerprint density at radius 1 is 0.323 bits per heavy atom. The molecule has 0 aromatic rings. The minimum absolute atomic E-state index is 0.0430. The van der Waals surface area contributed by atoms with Crippen LogP contribution >= 0.6 is 7.82 Å². The van der Waals surface area contributed by atoms with Gasteiger partial charge >= 0.3 is 11.9 Å². The number of rotatable bonds is 68. The van der Waals surface area contributed by atoms with Gasteiger partial charge in [-0.3, -0.25) is 14.2 Å². The smallest absolute Gasteiger partial charge is 0.306 e. The normalized spacial score (nSPS) is 14.2. The summed E-state index contributed by atoms with van der Waals surface area (Å²) in [7, 11) is 1.14. The van der Waals surface area contributed by atoms with E-state index in [1.807, 2.05) is 21.1 Å². The fourth-order valence-electron chi connectivity index (χ4n) is 9.87. The number of nitrogens with zero attached hydrogens (tertiary/aromatic N) is 1. The number of carbonyl (C=O) groups excluding carboxylic acids is 2. The zero-order chi connectivity index (χ0) is 69.7. The summed E-state index contributed by atoms with van der Waals surface area (Å²) in [5, 5.41) is 0. The van der Waals surface area contributed by atoms with Crippen molar-refractivity contribution in [1.82, 2.24) is 0 Å². The Bertz CT molecular complexity index is 2330. The van der Waals surface area contributed by atoms with E-state index in [0.717, 1.165) is 161 Å². The molecule has 96 heavy (non-hydrogen) atoms. The van der Waals surface area contributed by atoms with Crippen molar-refractivity contribution in [2.45, 2.75) is 290 Å². The summed E-state index contributed by atoms with van der Waals surface area (Å²) in [5.74, 6) is -0.857. The van der Waals surface area contributed by atoms with E-state index < -0.39 is 32.5 Å². The Hall–Kier alpha value is -5.15. The highest BCUT2D eigenvalue weighted by Crippen LogP contribution is 2.38. The lowest BCUT2D eigenvalue weighted by atomic mass is 10.0. The second-order valence-corrected chi connectivity index (χ2v) is 27.3. The van der Waals surface area contributed by atoms with E-state index in [-0.39, 0.29) is 26.1 Å². The first-order chi connectivity index (χ1) is 47.0. The molecular formula is C86H140NO8P. The van der Waals surface area contributed by atoms with Crippen LogP contribution in [0, 0.1) is 0 Å². The maximum absolute atomic E-state index is 12.9. The molecule has 9 nitrogen and oxygen atoms in total. The lowest BCUT2D eigenvalue weighted by molar-refractivity contribution is -0.870. The van der Waals surface area contributed by atoms with E-state index >= 15 is 0 Å². The van der Waals surface area contributed by atoms with Crippen LogP contribution in [-0.2, 0) is 32.7 Å². The monoisotopic (exact) mass is 1350 g/mol. The van der Waals surface area contributed by atoms with Gasteiger partial charge in [0.15, 0.2) is 6.10 Å². The summed E-state index contributed by atoms with van der Waals surface area (Å²) in [6.45, 7) is 3.99. The van der Waals surface area contributed by atoms with Crippen molar-refractivity contribution < 1.29 is 42.1 Å². The fourth-order valence-corrected chi connectivity index (χ4v) is 10.6. The summed E-state index contributed by atoms with van der Waals surface area (Å²) in [6.07, 6.45) is 115. The molecule has 0 heterocycles. The molecule has 0 aromatic carbocycles. The van der Waals surface area contributed by atoms with Crippen LogP contribution in [0.15, 0.2) is 194 Å². The maximum Gasteiger partial charge on any atom is 0.306 e. The molecule has 0 aliphatic rings. The van der Waals surface area contributed by atoms with Gasteiger partial charge in [0.25, 0.3) is 7.82 Å². The second kappa shape index (κ2) is 74.1. The summed E-state index contributed by atoms with van der Waals surface area (Å²) in [5.41, 5.74) is 0. The molecule has 542 valence electrons. The molecule has 0 aliphatic heterocycles. The molecule has 0 bridgehead atoms. The molecule has 10 heteroatoms. The van der Waals surface area contributed by atoms with Crippen molar-refractivity contribution in [3.8, 4) is 0 Å². The summed E-state index contributed by atoms with van der Waals surface area (Å²) in [6, 6.07) is 0. The fraction of sp³-hybridized carbons (Fsp3) is 0.605. The largest absolute Gasteiger partial charge is 0.756 e. The van der Waals surface area contributed by atoms with Gasteiger partial charge < -0.3 is 27.9 Å². The number of phosphoric ester groups is 1. The van der Waals surface area contributed by atoms with E-state index in [0.29, 0.717) is 17.4 Å². The van der Waals surface area contributed by atoms with Crippen molar-refractivity contribution >= 4 is 19.8 Å². The van der Waals surface area contributed by atoms with Crippen LogP contribution < -0.4 is 4.89 Å². The van der Waals surface area contributed by atoms with E-state index in [1.165, 1.54) is 89.9 Å². The van der Waals surface area contributed by atoms with E-state index in [2.05, 4.69) is 208 Å². The average molecular weight is 1350 g/mol. The number of hydrogen-bond donors (Lipinski definition) is 0. The molecule has 0 saturated heterocycles. The lowest BCUT2D eigenvalue weighted by Gasteiger charge is -2.28. The molecule has 0 radical (unpaired) electrons.